The maximum absolute atomic E-state index is 11.1. The van der Waals surface area contributed by atoms with E-state index in [9.17, 15) is 4.79 Å². The van der Waals surface area contributed by atoms with Crippen LogP contribution in [0.1, 0.15) is 36.5 Å². The SMILES string of the molecule is CCCCOCCCNc1cc(C(N)=O)ccc1N. The summed E-state index contributed by atoms with van der Waals surface area (Å²) in [6.45, 7) is 4.43. The molecule has 5 N–H and O–H groups in total. The van der Waals surface area contributed by atoms with Crippen LogP contribution in [-0.2, 0) is 4.74 Å². The van der Waals surface area contributed by atoms with Gasteiger partial charge in [-0.25, -0.2) is 0 Å². The van der Waals surface area contributed by atoms with Crippen molar-refractivity contribution in [1.29, 1.82) is 0 Å². The third-order valence-corrected chi connectivity index (χ3v) is 2.76. The standard InChI is InChI=1S/C14H23N3O2/c1-2-3-8-19-9-4-7-17-13-10-11(14(16)18)5-6-12(13)15/h5-6,10,17H,2-4,7-9,15H2,1H3,(H2,16,18). The number of hydrogen-bond acceptors (Lipinski definition) is 4. The third kappa shape index (κ3) is 5.61. The Bertz CT molecular complexity index is 408. The van der Waals surface area contributed by atoms with Crippen molar-refractivity contribution >= 4 is 17.3 Å². The second-order valence-corrected chi connectivity index (χ2v) is 4.41. The second-order valence-electron chi connectivity index (χ2n) is 4.41. The van der Waals surface area contributed by atoms with E-state index in [1.54, 1.807) is 18.2 Å². The van der Waals surface area contributed by atoms with Gasteiger partial charge in [0.05, 0.1) is 11.4 Å². The van der Waals surface area contributed by atoms with E-state index in [0.29, 0.717) is 11.3 Å². The molecule has 106 valence electrons. The van der Waals surface area contributed by atoms with E-state index in [1.165, 1.54) is 0 Å². The van der Waals surface area contributed by atoms with Crippen LogP contribution >= 0.6 is 0 Å². The maximum Gasteiger partial charge on any atom is 0.248 e. The number of rotatable bonds is 9. The van der Waals surface area contributed by atoms with Gasteiger partial charge in [-0.1, -0.05) is 13.3 Å². The molecule has 0 atom stereocenters. The summed E-state index contributed by atoms with van der Waals surface area (Å²) in [5.41, 5.74) is 12.9. The van der Waals surface area contributed by atoms with Crippen LogP contribution in [-0.4, -0.2) is 25.7 Å². The second kappa shape index (κ2) is 8.37. The zero-order chi connectivity index (χ0) is 14.1. The van der Waals surface area contributed by atoms with Gasteiger partial charge in [-0.05, 0) is 31.0 Å². The molecule has 19 heavy (non-hydrogen) atoms. The average molecular weight is 265 g/mol. The molecule has 0 bridgehead atoms. The van der Waals surface area contributed by atoms with Gasteiger partial charge in [-0.2, -0.15) is 0 Å². The van der Waals surface area contributed by atoms with Gasteiger partial charge in [0.2, 0.25) is 5.91 Å². The van der Waals surface area contributed by atoms with Crippen molar-refractivity contribution < 1.29 is 9.53 Å². The van der Waals surface area contributed by atoms with Crippen molar-refractivity contribution in [3.8, 4) is 0 Å². The van der Waals surface area contributed by atoms with E-state index < -0.39 is 5.91 Å². The van der Waals surface area contributed by atoms with Crippen molar-refractivity contribution in [2.45, 2.75) is 26.2 Å². The van der Waals surface area contributed by atoms with Crippen molar-refractivity contribution in [3.05, 3.63) is 23.8 Å². The average Bonchev–Trinajstić information content (AvgIpc) is 2.39. The van der Waals surface area contributed by atoms with Gasteiger partial charge < -0.3 is 21.5 Å². The molecule has 0 aliphatic carbocycles. The van der Waals surface area contributed by atoms with Crippen molar-refractivity contribution in [2.75, 3.05) is 30.8 Å². The Hall–Kier alpha value is -1.75. The van der Waals surface area contributed by atoms with Crippen LogP contribution in [0.15, 0.2) is 18.2 Å². The largest absolute Gasteiger partial charge is 0.397 e. The number of nitrogens with one attached hydrogen (secondary N) is 1. The molecule has 0 aliphatic heterocycles. The number of primary amides is 1. The van der Waals surface area contributed by atoms with Gasteiger partial charge in [-0.3, -0.25) is 4.79 Å². The normalized spacial score (nSPS) is 10.4. The van der Waals surface area contributed by atoms with Gasteiger partial charge in [0, 0.05) is 25.3 Å². The van der Waals surface area contributed by atoms with Crippen LogP contribution in [0.3, 0.4) is 0 Å². The van der Waals surface area contributed by atoms with Crippen molar-refractivity contribution in [3.63, 3.8) is 0 Å². The molecule has 0 heterocycles. The zero-order valence-electron chi connectivity index (χ0n) is 11.4. The van der Waals surface area contributed by atoms with Crippen LogP contribution in [0.4, 0.5) is 11.4 Å². The summed E-state index contributed by atoms with van der Waals surface area (Å²) in [5.74, 6) is -0.453. The molecule has 1 aromatic carbocycles. The van der Waals surface area contributed by atoms with E-state index in [2.05, 4.69) is 12.2 Å². The summed E-state index contributed by atoms with van der Waals surface area (Å²) < 4.78 is 5.46. The van der Waals surface area contributed by atoms with Gasteiger partial charge in [0.1, 0.15) is 0 Å². The first-order valence-electron chi connectivity index (χ1n) is 6.66. The Morgan fingerprint density at radius 1 is 1.32 bits per heavy atom. The summed E-state index contributed by atoms with van der Waals surface area (Å²) in [5, 5.41) is 3.19. The summed E-state index contributed by atoms with van der Waals surface area (Å²) >= 11 is 0. The van der Waals surface area contributed by atoms with E-state index in [-0.39, 0.29) is 0 Å². The molecule has 0 radical (unpaired) electrons. The van der Waals surface area contributed by atoms with Crippen molar-refractivity contribution in [1.82, 2.24) is 0 Å². The lowest BCUT2D eigenvalue weighted by atomic mass is 10.1. The van der Waals surface area contributed by atoms with E-state index in [4.69, 9.17) is 16.2 Å². The summed E-state index contributed by atoms with van der Waals surface area (Å²) in [6, 6.07) is 4.98. The molecule has 0 fully saturated rings. The Labute approximate surface area is 114 Å². The highest BCUT2D eigenvalue weighted by Crippen LogP contribution is 2.19. The highest BCUT2D eigenvalue weighted by molar-refractivity contribution is 5.94. The molecule has 0 aromatic heterocycles. The number of ether oxygens (including phenoxy) is 1. The van der Waals surface area contributed by atoms with Crippen LogP contribution in [0.5, 0.6) is 0 Å². The third-order valence-electron chi connectivity index (χ3n) is 2.76. The first kappa shape index (κ1) is 15.3. The first-order chi connectivity index (χ1) is 9.15. The molecular formula is C14H23N3O2. The predicted molar refractivity (Wildman–Crippen MR) is 78.2 cm³/mol. The molecule has 5 heteroatoms. The number of amides is 1. The number of carbonyl (C=O) groups is 1. The monoisotopic (exact) mass is 265 g/mol. The maximum atomic E-state index is 11.1. The summed E-state index contributed by atoms with van der Waals surface area (Å²) in [7, 11) is 0. The summed E-state index contributed by atoms with van der Waals surface area (Å²) in [4.78, 5) is 11.1. The molecule has 0 saturated carbocycles. The van der Waals surface area contributed by atoms with Crippen LogP contribution in [0.2, 0.25) is 0 Å². The molecule has 1 aromatic rings. The minimum Gasteiger partial charge on any atom is -0.397 e. The number of unbranched alkanes of at least 4 members (excludes halogenated alkanes) is 1. The van der Waals surface area contributed by atoms with Gasteiger partial charge in [0.15, 0.2) is 0 Å². The molecule has 0 unspecified atom stereocenters. The van der Waals surface area contributed by atoms with E-state index in [1.807, 2.05) is 0 Å². The number of anilines is 2. The zero-order valence-corrected chi connectivity index (χ0v) is 11.4. The molecule has 1 amide bonds. The Morgan fingerprint density at radius 3 is 2.74 bits per heavy atom. The summed E-state index contributed by atoms with van der Waals surface area (Å²) in [6.07, 6.45) is 3.14. The topological polar surface area (TPSA) is 90.4 Å². The molecule has 0 spiro atoms. The van der Waals surface area contributed by atoms with Crippen molar-refractivity contribution in [2.24, 2.45) is 5.73 Å². The fourth-order valence-corrected chi connectivity index (χ4v) is 1.61. The Kier molecular flexibility index (Phi) is 6.74. The van der Waals surface area contributed by atoms with Gasteiger partial charge in [-0.15, -0.1) is 0 Å². The fourth-order valence-electron chi connectivity index (χ4n) is 1.61. The fraction of sp³-hybridized carbons (Fsp3) is 0.500. The molecule has 1 rings (SSSR count). The molecule has 0 saturated heterocycles. The molecule has 0 aliphatic rings. The lowest BCUT2D eigenvalue weighted by molar-refractivity contribution is 0.100. The first-order valence-corrected chi connectivity index (χ1v) is 6.66. The van der Waals surface area contributed by atoms with Crippen LogP contribution in [0, 0.1) is 0 Å². The smallest absolute Gasteiger partial charge is 0.248 e. The van der Waals surface area contributed by atoms with Crippen LogP contribution < -0.4 is 16.8 Å². The highest BCUT2D eigenvalue weighted by Gasteiger charge is 2.04. The number of benzene rings is 1. The number of nitrogen functional groups attached to an aromatic ring is 1. The predicted octanol–water partition coefficient (Wildman–Crippen LogP) is 1.99. The number of nitrogens with two attached hydrogens (primary N) is 2. The lowest BCUT2D eigenvalue weighted by Gasteiger charge is -2.10. The van der Waals surface area contributed by atoms with Crippen LogP contribution in [0.25, 0.3) is 0 Å². The minimum absolute atomic E-state index is 0.453. The van der Waals surface area contributed by atoms with E-state index >= 15 is 0 Å². The van der Waals surface area contributed by atoms with Gasteiger partial charge in [0.25, 0.3) is 0 Å². The Balaban J connectivity index is 2.32. The van der Waals surface area contributed by atoms with Gasteiger partial charge >= 0.3 is 0 Å². The highest BCUT2D eigenvalue weighted by atomic mass is 16.5. The molecular weight excluding hydrogens is 242 g/mol. The Morgan fingerprint density at radius 2 is 2.05 bits per heavy atom. The number of carbonyl (C=O) groups excluding carboxylic acids is 1. The molecule has 5 nitrogen and oxygen atoms in total. The quantitative estimate of drug-likeness (QED) is 0.470. The minimum atomic E-state index is -0.453. The number of hydrogen-bond donors (Lipinski definition) is 3. The van der Waals surface area contributed by atoms with E-state index in [0.717, 1.165) is 44.7 Å². The lowest BCUT2D eigenvalue weighted by Crippen LogP contribution is -2.13.